The maximum Gasteiger partial charge on any atom is 0.223 e. The number of carbonyl (C=O) groups excluding carboxylic acids is 1. The minimum absolute atomic E-state index is 0.0517. The fraction of sp³-hybridized carbons (Fsp3) is 0.889. The van der Waals surface area contributed by atoms with Gasteiger partial charge in [-0.15, -0.1) is 0 Å². The topological polar surface area (TPSA) is 55.1 Å². The van der Waals surface area contributed by atoms with Crippen LogP contribution in [0.5, 0.6) is 0 Å². The highest BCUT2D eigenvalue weighted by molar-refractivity contribution is 5.82. The molecule has 0 aliphatic heterocycles. The molecule has 0 saturated heterocycles. The third kappa shape index (κ3) is 2.21. The number of nitrogens with two attached hydrogens (primary N) is 1. The van der Waals surface area contributed by atoms with Gasteiger partial charge in [0.2, 0.25) is 5.91 Å². The molecule has 0 bridgehead atoms. The van der Waals surface area contributed by atoms with Gasteiger partial charge in [0.25, 0.3) is 0 Å². The Balaban J connectivity index is 2.23. The van der Waals surface area contributed by atoms with Gasteiger partial charge in [-0.3, -0.25) is 4.79 Å². The van der Waals surface area contributed by atoms with Gasteiger partial charge in [-0.05, 0) is 18.8 Å². The Hall–Kier alpha value is -0.570. The average Bonchev–Trinajstić information content (AvgIpc) is 2.55. The largest absolute Gasteiger partial charge is 0.354 e. The summed E-state index contributed by atoms with van der Waals surface area (Å²) in [5.41, 5.74) is 5.74. The van der Waals surface area contributed by atoms with Crippen LogP contribution in [-0.4, -0.2) is 18.5 Å². The molecule has 3 nitrogen and oxygen atoms in total. The van der Waals surface area contributed by atoms with Crippen molar-refractivity contribution in [1.29, 1.82) is 0 Å². The molecule has 1 amide bonds. The van der Waals surface area contributed by atoms with Gasteiger partial charge >= 0.3 is 0 Å². The molecule has 0 radical (unpaired) electrons. The van der Waals surface area contributed by atoms with Crippen molar-refractivity contribution < 1.29 is 4.79 Å². The maximum absolute atomic E-state index is 11.4. The van der Waals surface area contributed by atoms with Gasteiger partial charge in [0.15, 0.2) is 0 Å². The summed E-state index contributed by atoms with van der Waals surface area (Å²) in [6.45, 7) is 6.70. The molecule has 0 aromatic heterocycles. The summed E-state index contributed by atoms with van der Waals surface area (Å²) >= 11 is 0. The van der Waals surface area contributed by atoms with Crippen LogP contribution in [-0.2, 0) is 4.79 Å². The van der Waals surface area contributed by atoms with Crippen LogP contribution in [0.2, 0.25) is 0 Å². The zero-order valence-electron chi connectivity index (χ0n) is 8.05. The van der Waals surface area contributed by atoms with Crippen molar-refractivity contribution in [2.75, 3.05) is 6.54 Å². The Labute approximate surface area is 73.7 Å². The van der Waals surface area contributed by atoms with Crippen LogP contribution in [0, 0.1) is 11.3 Å². The molecule has 1 aliphatic carbocycles. The van der Waals surface area contributed by atoms with Crippen LogP contribution in [0.3, 0.4) is 0 Å². The Morgan fingerprint density at radius 3 is 2.58 bits per heavy atom. The van der Waals surface area contributed by atoms with Crippen molar-refractivity contribution in [1.82, 2.24) is 5.32 Å². The number of rotatable bonds is 3. The van der Waals surface area contributed by atoms with Gasteiger partial charge < -0.3 is 11.1 Å². The van der Waals surface area contributed by atoms with Crippen LogP contribution in [0.4, 0.5) is 0 Å². The quantitative estimate of drug-likeness (QED) is 0.648. The lowest BCUT2D eigenvalue weighted by atomic mass is 10.1. The van der Waals surface area contributed by atoms with E-state index in [1.165, 1.54) is 0 Å². The van der Waals surface area contributed by atoms with E-state index in [4.69, 9.17) is 5.73 Å². The molecule has 12 heavy (non-hydrogen) atoms. The van der Waals surface area contributed by atoms with E-state index in [2.05, 4.69) is 19.2 Å². The smallest absolute Gasteiger partial charge is 0.223 e. The van der Waals surface area contributed by atoms with Crippen molar-refractivity contribution in [3.8, 4) is 0 Å². The molecule has 0 aromatic rings. The summed E-state index contributed by atoms with van der Waals surface area (Å²) in [6.07, 6.45) is 1.01. The number of nitrogens with one attached hydrogen (secondary N) is 1. The predicted octanol–water partition coefficient (Wildman–Crippen LogP) is 0.496. The van der Waals surface area contributed by atoms with Gasteiger partial charge in [0.1, 0.15) is 0 Å². The minimum Gasteiger partial charge on any atom is -0.354 e. The lowest BCUT2D eigenvalue weighted by Gasteiger charge is -2.08. The Morgan fingerprint density at radius 2 is 2.25 bits per heavy atom. The van der Waals surface area contributed by atoms with E-state index in [0.717, 1.165) is 6.42 Å². The van der Waals surface area contributed by atoms with Gasteiger partial charge in [-0.2, -0.15) is 0 Å². The van der Waals surface area contributed by atoms with Crippen LogP contribution >= 0.6 is 0 Å². The number of hydrogen-bond acceptors (Lipinski definition) is 2. The predicted molar refractivity (Wildman–Crippen MR) is 48.5 cm³/mol. The summed E-state index contributed by atoms with van der Waals surface area (Å²) in [5.74, 6) is 0.383. The highest BCUT2D eigenvalue weighted by Gasteiger charge is 2.50. The highest BCUT2D eigenvalue weighted by Crippen LogP contribution is 2.51. The van der Waals surface area contributed by atoms with E-state index in [0.29, 0.717) is 6.54 Å². The van der Waals surface area contributed by atoms with Crippen LogP contribution in [0.25, 0.3) is 0 Å². The summed E-state index contributed by atoms with van der Waals surface area (Å²) in [4.78, 5) is 11.4. The fourth-order valence-electron chi connectivity index (χ4n) is 1.30. The molecule has 1 saturated carbocycles. The molecular formula is C9H18N2O. The normalized spacial score (nSPS) is 27.8. The number of amides is 1. The lowest BCUT2D eigenvalue weighted by molar-refractivity contribution is -0.123. The van der Waals surface area contributed by atoms with Crippen LogP contribution in [0.15, 0.2) is 0 Å². The Bertz CT molecular complexity index is 187. The monoisotopic (exact) mass is 170 g/mol. The molecule has 0 heterocycles. The second-order valence-corrected chi connectivity index (χ2v) is 4.47. The zero-order chi connectivity index (χ0) is 9.35. The van der Waals surface area contributed by atoms with Crippen LogP contribution in [0.1, 0.15) is 27.2 Å². The van der Waals surface area contributed by atoms with Crippen molar-refractivity contribution in [3.63, 3.8) is 0 Å². The van der Waals surface area contributed by atoms with E-state index >= 15 is 0 Å². The lowest BCUT2D eigenvalue weighted by Crippen LogP contribution is -2.36. The third-order valence-corrected chi connectivity index (χ3v) is 2.43. The molecule has 3 N–H and O–H groups in total. The second-order valence-electron chi connectivity index (χ2n) is 4.47. The van der Waals surface area contributed by atoms with E-state index < -0.39 is 0 Å². The maximum atomic E-state index is 11.4. The molecule has 0 spiro atoms. The van der Waals surface area contributed by atoms with Crippen molar-refractivity contribution in [2.24, 2.45) is 17.1 Å². The standard InChI is InChI=1S/C9H18N2O/c1-6(10)5-11-8(12)7-4-9(7,2)3/h6-7H,4-5,10H2,1-3H3,(H,11,12). The molecule has 2 unspecified atom stereocenters. The molecule has 2 atom stereocenters. The summed E-state index contributed by atoms with van der Waals surface area (Å²) in [5, 5.41) is 2.84. The van der Waals surface area contributed by atoms with Crippen molar-refractivity contribution >= 4 is 5.91 Å². The molecule has 3 heteroatoms. The molecule has 70 valence electrons. The average molecular weight is 170 g/mol. The second kappa shape index (κ2) is 3.05. The summed E-state index contributed by atoms with van der Waals surface area (Å²) in [7, 11) is 0. The van der Waals surface area contributed by atoms with E-state index in [1.54, 1.807) is 0 Å². The van der Waals surface area contributed by atoms with Crippen molar-refractivity contribution in [3.05, 3.63) is 0 Å². The van der Waals surface area contributed by atoms with Gasteiger partial charge in [0.05, 0.1) is 0 Å². The fourth-order valence-corrected chi connectivity index (χ4v) is 1.30. The first kappa shape index (κ1) is 9.52. The SMILES string of the molecule is CC(N)CNC(=O)C1CC1(C)C. The first-order chi connectivity index (χ1) is 5.43. The summed E-state index contributed by atoms with van der Waals surface area (Å²) in [6, 6.07) is 0.0517. The van der Waals surface area contributed by atoms with Gasteiger partial charge in [0, 0.05) is 18.5 Å². The first-order valence-electron chi connectivity index (χ1n) is 4.47. The highest BCUT2D eigenvalue weighted by atomic mass is 16.2. The van der Waals surface area contributed by atoms with Gasteiger partial charge in [-0.1, -0.05) is 13.8 Å². The third-order valence-electron chi connectivity index (χ3n) is 2.43. The molecular weight excluding hydrogens is 152 g/mol. The first-order valence-corrected chi connectivity index (χ1v) is 4.47. The van der Waals surface area contributed by atoms with E-state index in [1.807, 2.05) is 6.92 Å². The number of hydrogen-bond donors (Lipinski definition) is 2. The zero-order valence-corrected chi connectivity index (χ0v) is 8.05. The Morgan fingerprint density at radius 1 is 1.75 bits per heavy atom. The minimum atomic E-state index is 0.0517. The number of carbonyl (C=O) groups is 1. The summed E-state index contributed by atoms with van der Waals surface area (Å²) < 4.78 is 0. The molecule has 1 fully saturated rings. The van der Waals surface area contributed by atoms with Crippen molar-refractivity contribution in [2.45, 2.75) is 33.2 Å². The Kier molecular flexibility index (Phi) is 2.42. The van der Waals surface area contributed by atoms with E-state index in [9.17, 15) is 4.79 Å². The van der Waals surface area contributed by atoms with Crippen LogP contribution < -0.4 is 11.1 Å². The van der Waals surface area contributed by atoms with E-state index in [-0.39, 0.29) is 23.3 Å². The van der Waals surface area contributed by atoms with Gasteiger partial charge in [-0.25, -0.2) is 0 Å². The molecule has 1 rings (SSSR count). The molecule has 0 aromatic carbocycles. The molecule has 1 aliphatic rings.